The molecule has 3 aromatic rings. The number of carbonyl (C=O) groups is 2. The molecule has 0 bridgehead atoms. The Morgan fingerprint density at radius 3 is 2.63 bits per heavy atom. The van der Waals surface area contributed by atoms with Crippen molar-refractivity contribution in [3.05, 3.63) is 89.9 Å². The van der Waals surface area contributed by atoms with Crippen LogP contribution in [0.1, 0.15) is 35.1 Å². The fraction of sp³-hybridized carbons (Fsp3) is 0.214. The number of phenols is 1. The molecule has 5 rings (SSSR count). The number of allylic oxidation sites excluding steroid dienone is 2. The van der Waals surface area contributed by atoms with Gasteiger partial charge in [0.2, 0.25) is 5.91 Å². The smallest absolute Gasteiger partial charge is 0.235 e. The summed E-state index contributed by atoms with van der Waals surface area (Å²) in [5, 5.41) is 17.2. The molecule has 0 saturated carbocycles. The monoisotopic (exact) mass is 530 g/mol. The summed E-state index contributed by atoms with van der Waals surface area (Å²) in [7, 11) is 0. The van der Waals surface area contributed by atoms with Crippen molar-refractivity contribution >= 4 is 40.4 Å². The van der Waals surface area contributed by atoms with Gasteiger partial charge in [0.05, 0.1) is 22.6 Å². The summed E-state index contributed by atoms with van der Waals surface area (Å²) in [5.41, 5.74) is 4.23. The molecule has 2 heterocycles. The van der Waals surface area contributed by atoms with E-state index in [-0.39, 0.29) is 23.4 Å². The zero-order valence-corrected chi connectivity index (χ0v) is 21.7. The molecular weight excluding hydrogens is 500 g/mol. The van der Waals surface area contributed by atoms with Gasteiger partial charge in [-0.3, -0.25) is 19.3 Å². The summed E-state index contributed by atoms with van der Waals surface area (Å²) in [5.74, 6) is 13.5. The number of hydrogen-bond donors (Lipinski definition) is 5. The van der Waals surface area contributed by atoms with Crippen LogP contribution < -0.4 is 22.3 Å². The van der Waals surface area contributed by atoms with Gasteiger partial charge >= 0.3 is 0 Å². The number of phenolic OH excluding ortho intramolecular Hbond substituents is 1. The van der Waals surface area contributed by atoms with Gasteiger partial charge in [-0.2, -0.15) is 0 Å². The Morgan fingerprint density at radius 2 is 1.92 bits per heavy atom. The number of Topliss-reactive ketones (excluding diaryl/α,β-unsaturated/α-hetero) is 1. The molecule has 38 heavy (non-hydrogen) atoms. The van der Waals surface area contributed by atoms with E-state index in [0.29, 0.717) is 29.8 Å². The molecule has 2 aromatic carbocycles. The van der Waals surface area contributed by atoms with Crippen molar-refractivity contribution in [3.63, 3.8) is 0 Å². The van der Waals surface area contributed by atoms with Crippen molar-refractivity contribution in [2.45, 2.75) is 30.8 Å². The number of hydrazine groups is 1. The number of nitrogens with zero attached hydrogens (tertiary/aromatic N) is 2. The number of thioether (sulfide) groups is 1. The third kappa shape index (κ3) is 5.13. The number of carbonyl (C=O) groups excluding carboxylic acids is 2. The average Bonchev–Trinajstić information content (AvgIpc) is 3.19. The highest BCUT2D eigenvalue weighted by Crippen LogP contribution is 2.41. The first-order valence-electron chi connectivity index (χ1n) is 12.3. The molecular formula is C28H30N6O3S. The number of aromatic hydroxyl groups is 1. The maximum Gasteiger partial charge on any atom is 0.235 e. The van der Waals surface area contributed by atoms with Crippen molar-refractivity contribution in [3.8, 4) is 5.75 Å². The number of nitrogens with two attached hydrogens (primary N) is 2. The predicted molar refractivity (Wildman–Crippen MR) is 150 cm³/mol. The molecule has 1 amide bonds. The Labute approximate surface area is 225 Å². The van der Waals surface area contributed by atoms with Gasteiger partial charge in [-0.25, -0.2) is 5.84 Å². The van der Waals surface area contributed by atoms with Crippen LogP contribution in [0.3, 0.4) is 0 Å². The van der Waals surface area contributed by atoms with E-state index in [1.54, 1.807) is 34.8 Å². The summed E-state index contributed by atoms with van der Waals surface area (Å²) >= 11 is 1.65. The number of rotatable bonds is 7. The van der Waals surface area contributed by atoms with Crippen molar-refractivity contribution in [2.75, 3.05) is 16.9 Å². The Balaban J connectivity index is 1.51. The number of hydrogen-bond acceptors (Lipinski definition) is 8. The zero-order valence-electron chi connectivity index (χ0n) is 20.9. The Kier molecular flexibility index (Phi) is 7.17. The van der Waals surface area contributed by atoms with Crippen LogP contribution in [0.15, 0.2) is 77.8 Å². The van der Waals surface area contributed by atoms with Gasteiger partial charge in [-0.15, -0.1) is 11.8 Å². The van der Waals surface area contributed by atoms with E-state index in [0.717, 1.165) is 32.6 Å². The second kappa shape index (κ2) is 10.7. The highest BCUT2D eigenvalue weighted by Gasteiger charge is 2.35. The van der Waals surface area contributed by atoms with Gasteiger partial charge in [0.1, 0.15) is 11.9 Å². The first-order chi connectivity index (χ1) is 18.3. The van der Waals surface area contributed by atoms with E-state index in [4.69, 9.17) is 11.7 Å². The molecule has 2 unspecified atom stereocenters. The van der Waals surface area contributed by atoms with E-state index in [1.807, 2.05) is 54.6 Å². The standard InChI is InChI=1S/C28H30N6O3S/c1-17(35)33(29)25-15-19(11-12-31-25)28-27(32-20-5-3-2-4-6-20)26-23(34(28)30)13-18(14-24(26)37)16-38-22-9-7-21(36)8-10-22/h2-12,15,18,25,31-32,36H,13-14,16,29-30H2,1H3. The Bertz CT molecular complexity index is 1410. The van der Waals surface area contributed by atoms with Crippen LogP contribution in [0.2, 0.25) is 0 Å². The van der Waals surface area contributed by atoms with Crippen LogP contribution in [0.25, 0.3) is 5.57 Å². The molecule has 10 heteroatoms. The molecule has 1 aliphatic carbocycles. The summed E-state index contributed by atoms with van der Waals surface area (Å²) in [6, 6.07) is 16.7. The molecule has 0 spiro atoms. The largest absolute Gasteiger partial charge is 0.508 e. The average molecular weight is 531 g/mol. The normalized spacial score (nSPS) is 18.4. The lowest BCUT2D eigenvalue weighted by atomic mass is 9.87. The number of benzene rings is 2. The molecule has 1 aromatic heterocycles. The summed E-state index contributed by atoms with van der Waals surface area (Å²) in [6.45, 7) is 1.40. The fourth-order valence-corrected chi connectivity index (χ4v) is 5.81. The molecule has 1 aliphatic heterocycles. The SMILES string of the molecule is CC(=O)N(N)C1C=C(c2c(Nc3ccccc3)c3c(n2N)CC(CSc2ccc(O)cc2)CC3=O)C=CN1. The molecule has 2 aliphatic rings. The molecule has 0 saturated heterocycles. The van der Waals surface area contributed by atoms with E-state index in [9.17, 15) is 14.7 Å². The number of ketones is 1. The predicted octanol–water partition coefficient (Wildman–Crippen LogP) is 3.74. The number of nitrogen functional groups attached to an aromatic ring is 1. The van der Waals surface area contributed by atoms with Gasteiger partial charge < -0.3 is 21.6 Å². The summed E-state index contributed by atoms with van der Waals surface area (Å²) in [6.07, 6.45) is 5.89. The highest BCUT2D eigenvalue weighted by atomic mass is 32.2. The van der Waals surface area contributed by atoms with Crippen LogP contribution in [0, 0.1) is 5.92 Å². The lowest BCUT2D eigenvalue weighted by Crippen LogP contribution is -2.50. The van der Waals surface area contributed by atoms with E-state index in [1.165, 1.54) is 6.92 Å². The fourth-order valence-electron chi connectivity index (χ4n) is 4.82. The van der Waals surface area contributed by atoms with Crippen molar-refractivity contribution in [1.29, 1.82) is 0 Å². The molecule has 0 radical (unpaired) electrons. The number of para-hydroxylation sites is 1. The van der Waals surface area contributed by atoms with E-state index < -0.39 is 6.17 Å². The van der Waals surface area contributed by atoms with Crippen LogP contribution >= 0.6 is 11.8 Å². The minimum absolute atomic E-state index is 0.0330. The maximum absolute atomic E-state index is 13.6. The molecule has 196 valence electrons. The zero-order chi connectivity index (χ0) is 26.8. The number of nitrogens with one attached hydrogen (secondary N) is 2. The second-order valence-corrected chi connectivity index (χ2v) is 10.5. The Morgan fingerprint density at radius 1 is 1.18 bits per heavy atom. The quantitative estimate of drug-likeness (QED) is 0.135. The third-order valence-corrected chi connectivity index (χ3v) is 7.96. The van der Waals surface area contributed by atoms with Gasteiger partial charge in [-0.1, -0.05) is 18.2 Å². The molecule has 7 N–H and O–H groups in total. The lowest BCUT2D eigenvalue weighted by Gasteiger charge is -2.27. The van der Waals surface area contributed by atoms with E-state index >= 15 is 0 Å². The number of dihydropyridines is 1. The van der Waals surface area contributed by atoms with Gasteiger partial charge in [0.25, 0.3) is 0 Å². The second-order valence-electron chi connectivity index (χ2n) is 9.40. The minimum atomic E-state index is -0.561. The van der Waals surface area contributed by atoms with Crippen LogP contribution in [0.5, 0.6) is 5.75 Å². The highest BCUT2D eigenvalue weighted by molar-refractivity contribution is 7.99. The number of aromatic nitrogens is 1. The lowest BCUT2D eigenvalue weighted by molar-refractivity contribution is -0.130. The summed E-state index contributed by atoms with van der Waals surface area (Å²) in [4.78, 5) is 26.5. The topological polar surface area (TPSA) is 139 Å². The maximum atomic E-state index is 13.6. The first kappa shape index (κ1) is 25.5. The van der Waals surface area contributed by atoms with Crippen molar-refractivity contribution in [1.82, 2.24) is 15.0 Å². The van der Waals surface area contributed by atoms with Crippen LogP contribution in [-0.4, -0.2) is 38.4 Å². The minimum Gasteiger partial charge on any atom is -0.508 e. The van der Waals surface area contributed by atoms with E-state index in [2.05, 4.69) is 10.6 Å². The van der Waals surface area contributed by atoms with Crippen LogP contribution in [0.4, 0.5) is 11.4 Å². The number of anilines is 2. The third-order valence-electron chi connectivity index (χ3n) is 6.71. The number of fused-ring (bicyclic) bond motifs is 1. The van der Waals surface area contributed by atoms with Gasteiger partial charge in [0, 0.05) is 35.3 Å². The molecule has 9 nitrogen and oxygen atoms in total. The Hall–Kier alpha value is -4.15. The van der Waals surface area contributed by atoms with Crippen LogP contribution in [-0.2, 0) is 11.2 Å². The molecule has 2 atom stereocenters. The van der Waals surface area contributed by atoms with Gasteiger partial charge in [0.15, 0.2) is 5.78 Å². The van der Waals surface area contributed by atoms with Gasteiger partial charge in [-0.05, 0) is 67.1 Å². The van der Waals surface area contributed by atoms with Crippen molar-refractivity contribution < 1.29 is 14.7 Å². The number of amides is 1. The van der Waals surface area contributed by atoms with Crippen molar-refractivity contribution in [2.24, 2.45) is 11.8 Å². The molecule has 0 fully saturated rings. The first-order valence-corrected chi connectivity index (χ1v) is 13.3. The summed E-state index contributed by atoms with van der Waals surface area (Å²) < 4.78 is 1.60.